The van der Waals surface area contributed by atoms with Gasteiger partial charge in [-0.1, -0.05) is 18.2 Å². The van der Waals surface area contributed by atoms with Crippen LogP contribution < -0.4 is 9.64 Å². The molecule has 0 spiro atoms. The molecule has 0 unspecified atom stereocenters. The van der Waals surface area contributed by atoms with E-state index in [1.807, 2.05) is 12.1 Å². The SMILES string of the molecule is CC(=O)Oc1ccc2c(c1)CCc1ccccc1N2CCCN(C)C. The number of para-hydroxylation sites is 1. The average molecular weight is 338 g/mol. The molecule has 1 heterocycles. The first-order valence-electron chi connectivity index (χ1n) is 8.86. The number of rotatable bonds is 5. The van der Waals surface area contributed by atoms with Crippen LogP contribution in [-0.4, -0.2) is 38.1 Å². The van der Waals surface area contributed by atoms with Crippen LogP contribution >= 0.6 is 0 Å². The zero-order valence-corrected chi connectivity index (χ0v) is 15.3. The Bertz CT molecular complexity index is 755. The molecule has 25 heavy (non-hydrogen) atoms. The molecule has 132 valence electrons. The molecule has 0 aromatic heterocycles. The molecule has 0 saturated heterocycles. The lowest BCUT2D eigenvalue weighted by molar-refractivity contribution is -0.131. The van der Waals surface area contributed by atoms with Crippen molar-refractivity contribution in [1.82, 2.24) is 4.90 Å². The van der Waals surface area contributed by atoms with Crippen LogP contribution in [0.25, 0.3) is 0 Å². The second-order valence-electron chi connectivity index (χ2n) is 6.82. The van der Waals surface area contributed by atoms with Gasteiger partial charge < -0.3 is 14.5 Å². The van der Waals surface area contributed by atoms with Crippen molar-refractivity contribution in [3.8, 4) is 5.75 Å². The summed E-state index contributed by atoms with van der Waals surface area (Å²) in [6.07, 6.45) is 3.04. The summed E-state index contributed by atoms with van der Waals surface area (Å²) in [7, 11) is 4.21. The first-order chi connectivity index (χ1) is 12.0. The number of carbonyl (C=O) groups excluding carboxylic acids is 1. The van der Waals surface area contributed by atoms with E-state index in [1.54, 1.807) is 0 Å². The van der Waals surface area contributed by atoms with Gasteiger partial charge in [-0.05, 0) is 75.3 Å². The van der Waals surface area contributed by atoms with Crippen LogP contribution in [0, 0.1) is 0 Å². The van der Waals surface area contributed by atoms with Crippen LogP contribution in [-0.2, 0) is 17.6 Å². The number of aryl methyl sites for hydroxylation is 2. The third kappa shape index (κ3) is 4.20. The van der Waals surface area contributed by atoms with Gasteiger partial charge in [-0.2, -0.15) is 0 Å². The molecule has 0 aliphatic carbocycles. The van der Waals surface area contributed by atoms with E-state index in [0.717, 1.165) is 32.4 Å². The number of hydrogen-bond donors (Lipinski definition) is 0. The van der Waals surface area contributed by atoms with Gasteiger partial charge in [0.1, 0.15) is 5.75 Å². The monoisotopic (exact) mass is 338 g/mol. The third-order valence-corrected chi connectivity index (χ3v) is 4.54. The molecule has 2 aromatic carbocycles. The minimum atomic E-state index is -0.278. The summed E-state index contributed by atoms with van der Waals surface area (Å²) < 4.78 is 5.28. The molecule has 0 radical (unpaired) electrons. The highest BCUT2D eigenvalue weighted by Gasteiger charge is 2.20. The van der Waals surface area contributed by atoms with Gasteiger partial charge in [0.25, 0.3) is 0 Å². The van der Waals surface area contributed by atoms with Gasteiger partial charge in [0.05, 0.1) is 0 Å². The Kier molecular flexibility index (Phi) is 5.39. The van der Waals surface area contributed by atoms with Gasteiger partial charge in [0.2, 0.25) is 0 Å². The van der Waals surface area contributed by atoms with Crippen molar-refractivity contribution in [1.29, 1.82) is 0 Å². The van der Waals surface area contributed by atoms with E-state index in [0.29, 0.717) is 5.75 Å². The van der Waals surface area contributed by atoms with Crippen molar-refractivity contribution in [3.63, 3.8) is 0 Å². The van der Waals surface area contributed by atoms with Crippen LogP contribution in [0.4, 0.5) is 11.4 Å². The number of nitrogens with zero attached hydrogens (tertiary/aromatic N) is 2. The lowest BCUT2D eigenvalue weighted by Crippen LogP contribution is -2.24. The Hall–Kier alpha value is -2.33. The molecular formula is C21H26N2O2. The van der Waals surface area contributed by atoms with Gasteiger partial charge in [-0.15, -0.1) is 0 Å². The molecule has 2 aromatic rings. The molecular weight excluding hydrogens is 312 g/mol. The smallest absolute Gasteiger partial charge is 0.308 e. The average Bonchev–Trinajstić information content (AvgIpc) is 2.71. The summed E-state index contributed by atoms with van der Waals surface area (Å²) in [5.74, 6) is 0.352. The largest absolute Gasteiger partial charge is 0.427 e. The molecule has 1 aliphatic heterocycles. The summed E-state index contributed by atoms with van der Waals surface area (Å²) in [6.45, 7) is 3.46. The molecule has 0 saturated carbocycles. The predicted molar refractivity (Wildman–Crippen MR) is 102 cm³/mol. The Labute approximate surface area is 150 Å². The van der Waals surface area contributed by atoms with E-state index >= 15 is 0 Å². The van der Waals surface area contributed by atoms with E-state index < -0.39 is 0 Å². The van der Waals surface area contributed by atoms with E-state index in [-0.39, 0.29) is 5.97 Å². The van der Waals surface area contributed by atoms with E-state index in [1.165, 1.54) is 29.4 Å². The van der Waals surface area contributed by atoms with Crippen LogP contribution in [0.2, 0.25) is 0 Å². The summed E-state index contributed by atoms with van der Waals surface area (Å²) in [5.41, 5.74) is 5.12. The number of fused-ring (bicyclic) bond motifs is 2. The van der Waals surface area contributed by atoms with Crippen molar-refractivity contribution in [2.24, 2.45) is 0 Å². The zero-order valence-electron chi connectivity index (χ0n) is 15.3. The van der Waals surface area contributed by atoms with Crippen LogP contribution in [0.5, 0.6) is 5.75 Å². The van der Waals surface area contributed by atoms with Crippen molar-refractivity contribution in [2.45, 2.75) is 26.2 Å². The first-order valence-corrected chi connectivity index (χ1v) is 8.86. The summed E-state index contributed by atoms with van der Waals surface area (Å²) in [4.78, 5) is 15.9. The van der Waals surface area contributed by atoms with Crippen molar-refractivity contribution in [3.05, 3.63) is 53.6 Å². The maximum Gasteiger partial charge on any atom is 0.308 e. The van der Waals surface area contributed by atoms with Crippen LogP contribution in [0.3, 0.4) is 0 Å². The van der Waals surface area contributed by atoms with E-state index in [4.69, 9.17) is 4.74 Å². The predicted octanol–water partition coefficient (Wildman–Crippen LogP) is 3.80. The summed E-state index contributed by atoms with van der Waals surface area (Å²) in [5, 5.41) is 0. The number of anilines is 2. The number of ether oxygens (including phenoxy) is 1. The minimum Gasteiger partial charge on any atom is -0.427 e. The molecule has 0 N–H and O–H groups in total. The van der Waals surface area contributed by atoms with Crippen molar-refractivity contribution >= 4 is 17.3 Å². The van der Waals surface area contributed by atoms with Gasteiger partial charge in [-0.3, -0.25) is 4.79 Å². The Balaban J connectivity index is 1.95. The first kappa shape index (κ1) is 17.5. The molecule has 1 aliphatic rings. The molecule has 0 fully saturated rings. The fourth-order valence-corrected chi connectivity index (χ4v) is 3.43. The number of hydrogen-bond acceptors (Lipinski definition) is 4. The molecule has 0 bridgehead atoms. The normalized spacial score (nSPS) is 13.2. The third-order valence-electron chi connectivity index (χ3n) is 4.54. The summed E-state index contributed by atoms with van der Waals surface area (Å²) in [6, 6.07) is 14.6. The second-order valence-corrected chi connectivity index (χ2v) is 6.82. The number of benzene rings is 2. The Morgan fingerprint density at radius 3 is 2.56 bits per heavy atom. The van der Waals surface area contributed by atoms with Gasteiger partial charge in [-0.25, -0.2) is 0 Å². The topological polar surface area (TPSA) is 32.8 Å². The fourth-order valence-electron chi connectivity index (χ4n) is 3.43. The highest BCUT2D eigenvalue weighted by Crippen LogP contribution is 2.37. The van der Waals surface area contributed by atoms with Gasteiger partial charge in [0, 0.05) is 24.8 Å². The van der Waals surface area contributed by atoms with Gasteiger partial charge in [0.15, 0.2) is 0 Å². The highest BCUT2D eigenvalue weighted by molar-refractivity contribution is 5.73. The molecule has 4 heteroatoms. The number of esters is 1. The second kappa shape index (κ2) is 7.70. The molecule has 3 rings (SSSR count). The van der Waals surface area contributed by atoms with Crippen molar-refractivity contribution in [2.75, 3.05) is 32.1 Å². The van der Waals surface area contributed by atoms with E-state index in [2.05, 4.69) is 54.2 Å². The Morgan fingerprint density at radius 2 is 1.80 bits per heavy atom. The Morgan fingerprint density at radius 1 is 1.08 bits per heavy atom. The van der Waals surface area contributed by atoms with Gasteiger partial charge >= 0.3 is 5.97 Å². The zero-order chi connectivity index (χ0) is 17.8. The van der Waals surface area contributed by atoms with Crippen LogP contribution in [0.1, 0.15) is 24.5 Å². The lowest BCUT2D eigenvalue weighted by Gasteiger charge is -2.27. The van der Waals surface area contributed by atoms with E-state index in [9.17, 15) is 4.79 Å². The minimum absolute atomic E-state index is 0.278. The van der Waals surface area contributed by atoms with Crippen molar-refractivity contribution < 1.29 is 9.53 Å². The standard InChI is InChI=1S/C21H26N2O2/c1-16(24)25-19-11-12-21-18(15-19)10-9-17-7-4-5-8-20(17)23(21)14-6-13-22(2)3/h4-5,7-8,11-12,15H,6,9-10,13-14H2,1-3H3. The summed E-state index contributed by atoms with van der Waals surface area (Å²) >= 11 is 0. The molecule has 0 amide bonds. The lowest BCUT2D eigenvalue weighted by atomic mass is 10.0. The highest BCUT2D eigenvalue weighted by atomic mass is 16.5. The molecule has 4 nitrogen and oxygen atoms in total. The maximum absolute atomic E-state index is 11.3. The fraction of sp³-hybridized carbons (Fsp3) is 0.381. The maximum atomic E-state index is 11.3. The molecule has 0 atom stereocenters. The quantitative estimate of drug-likeness (QED) is 0.613. The van der Waals surface area contributed by atoms with Crippen LogP contribution in [0.15, 0.2) is 42.5 Å². The number of carbonyl (C=O) groups is 1.